The molecule has 6 heteroatoms. The van der Waals surface area contributed by atoms with Gasteiger partial charge in [-0.1, -0.05) is 0 Å². The van der Waals surface area contributed by atoms with E-state index < -0.39 is 5.75 Å². The third kappa shape index (κ3) is 1.62. The lowest BCUT2D eigenvalue weighted by molar-refractivity contribution is 0.390. The number of nitrogens with zero attached hydrogens (tertiary/aromatic N) is 1. The Morgan fingerprint density at radius 2 is 1.38 bits per heavy atom. The van der Waals surface area contributed by atoms with Gasteiger partial charge in [0.1, 0.15) is 11.6 Å². The van der Waals surface area contributed by atoms with Gasteiger partial charge in [0, 0.05) is 0 Å². The van der Waals surface area contributed by atoms with Gasteiger partial charge in [-0.3, -0.25) is 0 Å². The van der Waals surface area contributed by atoms with Crippen LogP contribution in [0, 0.1) is 18.5 Å². The largest absolute Gasteiger partial charge is 0.505 e. The summed E-state index contributed by atoms with van der Waals surface area (Å²) >= 11 is 3.55. The first-order valence-corrected chi connectivity index (χ1v) is 5.18. The summed E-state index contributed by atoms with van der Waals surface area (Å²) in [7, 11) is 0. The van der Waals surface area contributed by atoms with E-state index in [-0.39, 0.29) is 17.1 Å². The van der Waals surface area contributed by atoms with Gasteiger partial charge in [0.05, 0.1) is 7.14 Å². The van der Waals surface area contributed by atoms with Crippen molar-refractivity contribution in [2.45, 2.75) is 0 Å². The fraction of sp³-hybridized carbons (Fsp3) is 0. The van der Waals surface area contributed by atoms with Crippen LogP contribution in [0.15, 0.2) is 0 Å². The number of phenolic OH excluding ortho intramolecular Hbond substituents is 3. The van der Waals surface area contributed by atoms with E-state index in [9.17, 15) is 15.3 Å². The molecule has 68 valence electrons. The number of hydrogen-bond acceptors (Lipinski definition) is 4. The zero-order chi connectivity index (χ0) is 10.2. The minimum absolute atomic E-state index is 0.303. The van der Waals surface area contributed by atoms with Gasteiger partial charge in [0.15, 0.2) is 17.2 Å². The van der Waals surface area contributed by atoms with Crippen molar-refractivity contribution >= 4 is 45.2 Å². The van der Waals surface area contributed by atoms with Crippen LogP contribution in [0.3, 0.4) is 0 Å². The first-order chi connectivity index (χ1) is 6.00. The zero-order valence-electron chi connectivity index (χ0n) is 6.04. The predicted molar refractivity (Wildman–Crippen MR) is 61.6 cm³/mol. The van der Waals surface area contributed by atoms with Crippen molar-refractivity contribution in [3.8, 4) is 23.3 Å². The van der Waals surface area contributed by atoms with Gasteiger partial charge in [-0.2, -0.15) is 5.26 Å². The van der Waals surface area contributed by atoms with E-state index in [4.69, 9.17) is 5.26 Å². The van der Waals surface area contributed by atoms with Crippen LogP contribution in [-0.2, 0) is 0 Å². The maximum atomic E-state index is 9.38. The smallest absolute Gasteiger partial charge is 0.180 e. The molecule has 0 aliphatic carbocycles. The fourth-order valence-corrected chi connectivity index (χ4v) is 1.79. The number of rotatable bonds is 0. The molecule has 3 N–H and O–H groups in total. The van der Waals surface area contributed by atoms with Crippen LogP contribution in [0.1, 0.15) is 5.56 Å². The van der Waals surface area contributed by atoms with Crippen molar-refractivity contribution in [1.29, 1.82) is 5.26 Å². The lowest BCUT2D eigenvalue weighted by Crippen LogP contribution is -1.88. The Morgan fingerprint density at radius 1 is 0.923 bits per heavy atom. The van der Waals surface area contributed by atoms with Gasteiger partial charge >= 0.3 is 0 Å². The molecule has 0 unspecified atom stereocenters. The highest BCUT2D eigenvalue weighted by Gasteiger charge is 2.20. The zero-order valence-corrected chi connectivity index (χ0v) is 10.4. The highest BCUT2D eigenvalue weighted by Crippen LogP contribution is 2.42. The molecule has 1 aromatic carbocycles. The Labute approximate surface area is 101 Å². The average molecular weight is 403 g/mol. The molecule has 0 aliphatic heterocycles. The molecule has 0 aliphatic rings. The third-order valence-electron chi connectivity index (χ3n) is 1.42. The second-order valence-electron chi connectivity index (χ2n) is 2.16. The number of nitriles is 1. The van der Waals surface area contributed by atoms with Crippen LogP contribution in [0.25, 0.3) is 0 Å². The maximum Gasteiger partial charge on any atom is 0.180 e. The van der Waals surface area contributed by atoms with Gasteiger partial charge in [-0.25, -0.2) is 0 Å². The molecule has 0 spiro atoms. The summed E-state index contributed by atoms with van der Waals surface area (Å²) in [6.07, 6.45) is 0. The fourth-order valence-electron chi connectivity index (χ4n) is 0.758. The van der Waals surface area contributed by atoms with Gasteiger partial charge in [0.2, 0.25) is 0 Å². The molecule has 0 saturated carbocycles. The summed E-state index contributed by atoms with van der Waals surface area (Å²) in [6.45, 7) is 0. The lowest BCUT2D eigenvalue weighted by atomic mass is 10.2. The van der Waals surface area contributed by atoms with Gasteiger partial charge in [0.25, 0.3) is 0 Å². The summed E-state index contributed by atoms with van der Waals surface area (Å²) in [5.74, 6) is -1.26. The number of aromatic hydroxyl groups is 3. The average Bonchev–Trinajstić information content (AvgIpc) is 2.13. The predicted octanol–water partition coefficient (Wildman–Crippen LogP) is 1.88. The molecule has 1 rings (SSSR count). The third-order valence-corrected chi connectivity index (χ3v) is 4.55. The summed E-state index contributed by atoms with van der Waals surface area (Å²) < 4.78 is 0.678. The van der Waals surface area contributed by atoms with E-state index >= 15 is 0 Å². The van der Waals surface area contributed by atoms with E-state index in [1.54, 1.807) is 51.3 Å². The second kappa shape index (κ2) is 3.75. The lowest BCUT2D eigenvalue weighted by Gasteiger charge is -2.07. The maximum absolute atomic E-state index is 9.38. The first kappa shape index (κ1) is 10.6. The van der Waals surface area contributed by atoms with Gasteiger partial charge < -0.3 is 15.3 Å². The van der Waals surface area contributed by atoms with E-state index in [1.807, 2.05) is 0 Å². The minimum Gasteiger partial charge on any atom is -0.505 e. The molecule has 13 heavy (non-hydrogen) atoms. The Hall–Kier alpha value is -0.430. The van der Waals surface area contributed by atoms with Crippen molar-refractivity contribution < 1.29 is 15.3 Å². The highest BCUT2D eigenvalue weighted by atomic mass is 127. The number of phenols is 3. The van der Waals surface area contributed by atoms with Crippen molar-refractivity contribution in [2.24, 2.45) is 0 Å². The Bertz CT molecular complexity index is 382. The molecule has 0 aromatic heterocycles. The van der Waals surface area contributed by atoms with Crippen LogP contribution in [0.2, 0.25) is 0 Å². The highest BCUT2D eigenvalue weighted by molar-refractivity contribution is 14.1. The van der Waals surface area contributed by atoms with E-state index in [0.29, 0.717) is 7.14 Å². The molecule has 0 atom stereocenters. The van der Waals surface area contributed by atoms with Crippen molar-refractivity contribution in [3.63, 3.8) is 0 Å². The molecule has 4 nitrogen and oxygen atoms in total. The Kier molecular flexibility index (Phi) is 3.07. The van der Waals surface area contributed by atoms with E-state index in [0.717, 1.165) is 0 Å². The van der Waals surface area contributed by atoms with E-state index in [2.05, 4.69) is 0 Å². The van der Waals surface area contributed by atoms with Crippen LogP contribution in [0.4, 0.5) is 0 Å². The summed E-state index contributed by atoms with van der Waals surface area (Å²) in [6, 6.07) is 1.60. The van der Waals surface area contributed by atoms with Gasteiger partial charge in [-0.05, 0) is 45.2 Å². The van der Waals surface area contributed by atoms with Crippen molar-refractivity contribution in [1.82, 2.24) is 0 Å². The SMILES string of the molecule is N#Cc1c(O)c(O)c(I)c(I)c1O. The van der Waals surface area contributed by atoms with Gasteiger partial charge in [-0.15, -0.1) is 0 Å². The first-order valence-electron chi connectivity index (χ1n) is 3.02. The molecular weight excluding hydrogens is 400 g/mol. The summed E-state index contributed by atoms with van der Waals surface area (Å²) in [5.41, 5.74) is -0.303. The molecule has 0 heterocycles. The molecule has 1 aromatic rings. The molecule has 0 amide bonds. The van der Waals surface area contributed by atoms with Crippen LogP contribution in [-0.4, -0.2) is 15.3 Å². The quantitative estimate of drug-likeness (QED) is 0.351. The molecule has 0 fully saturated rings. The summed E-state index contributed by atoms with van der Waals surface area (Å²) in [4.78, 5) is 0. The standard InChI is InChI=1S/C7H3I2NO3/c8-3-4(9)7(13)6(12)2(1-10)5(3)11/h11-13H. The monoisotopic (exact) mass is 403 g/mol. The molecule has 0 bridgehead atoms. The Balaban J connectivity index is 3.69. The van der Waals surface area contributed by atoms with Crippen LogP contribution < -0.4 is 0 Å². The number of benzene rings is 1. The normalized spacial score (nSPS) is 9.62. The van der Waals surface area contributed by atoms with E-state index in [1.165, 1.54) is 0 Å². The number of hydrogen-bond donors (Lipinski definition) is 3. The summed E-state index contributed by atoms with van der Waals surface area (Å²) in [5, 5.41) is 36.5. The second-order valence-corrected chi connectivity index (χ2v) is 4.32. The molecular formula is C7H3I2NO3. The van der Waals surface area contributed by atoms with Crippen molar-refractivity contribution in [3.05, 3.63) is 12.7 Å². The van der Waals surface area contributed by atoms with Crippen molar-refractivity contribution in [2.75, 3.05) is 0 Å². The topological polar surface area (TPSA) is 84.5 Å². The number of halogens is 2. The molecule has 0 saturated heterocycles. The van der Waals surface area contributed by atoms with Crippen LogP contribution >= 0.6 is 45.2 Å². The van der Waals surface area contributed by atoms with Crippen LogP contribution in [0.5, 0.6) is 17.2 Å². The minimum atomic E-state index is -0.579. The Morgan fingerprint density at radius 3 is 1.85 bits per heavy atom. The molecule has 0 radical (unpaired) electrons.